The summed E-state index contributed by atoms with van der Waals surface area (Å²) in [5.41, 5.74) is 1.18. The highest BCUT2D eigenvalue weighted by molar-refractivity contribution is 6.22. The van der Waals surface area contributed by atoms with Crippen molar-refractivity contribution in [1.82, 2.24) is 0 Å². The minimum atomic E-state index is -0.101. The minimum Gasteiger partial charge on any atom is -0.512 e. The molecule has 1 N–H and O–H groups in total. The molecule has 3 heteroatoms. The molecule has 0 saturated heterocycles. The van der Waals surface area contributed by atoms with Crippen molar-refractivity contribution in [2.75, 3.05) is 6.54 Å². The number of ketones is 1. The summed E-state index contributed by atoms with van der Waals surface area (Å²) < 4.78 is 0. The number of Topliss-reactive ketones (excluding diaryl/α,β-unsaturated/α-hetero) is 1. The molecule has 1 rings (SSSR count). The van der Waals surface area contributed by atoms with Crippen molar-refractivity contribution in [2.45, 2.75) is 26.7 Å². The van der Waals surface area contributed by atoms with Crippen LogP contribution < -0.4 is 0 Å². The minimum absolute atomic E-state index is 0.0863. The van der Waals surface area contributed by atoms with E-state index in [4.69, 9.17) is 0 Å². The van der Waals surface area contributed by atoms with Crippen molar-refractivity contribution in [2.24, 2.45) is 4.99 Å². The molecule has 0 amide bonds. The van der Waals surface area contributed by atoms with Crippen LogP contribution in [0.4, 0.5) is 0 Å². The van der Waals surface area contributed by atoms with Gasteiger partial charge in [-0.05, 0) is 26.7 Å². The van der Waals surface area contributed by atoms with Crippen LogP contribution in [-0.4, -0.2) is 23.1 Å². The molecule has 1 aliphatic rings. The number of aliphatic hydroxyl groups excluding tert-OH is 1. The zero-order valence-electron chi connectivity index (χ0n) is 7.42. The Balaban J connectivity index is 2.95. The molecule has 0 radical (unpaired) electrons. The highest BCUT2D eigenvalue weighted by Gasteiger charge is 2.17. The van der Waals surface area contributed by atoms with E-state index in [0.29, 0.717) is 5.57 Å². The Morgan fingerprint density at radius 3 is 2.50 bits per heavy atom. The van der Waals surface area contributed by atoms with Gasteiger partial charge in [0.15, 0.2) is 5.78 Å². The van der Waals surface area contributed by atoms with Crippen molar-refractivity contribution in [3.8, 4) is 0 Å². The fourth-order valence-corrected chi connectivity index (χ4v) is 1.41. The Morgan fingerprint density at radius 1 is 1.50 bits per heavy atom. The third-order valence-electron chi connectivity index (χ3n) is 1.88. The summed E-state index contributed by atoms with van der Waals surface area (Å²) in [4.78, 5) is 15.2. The van der Waals surface area contributed by atoms with Gasteiger partial charge in [0.2, 0.25) is 0 Å². The van der Waals surface area contributed by atoms with E-state index in [2.05, 4.69) is 4.99 Å². The fraction of sp³-hybridized carbons (Fsp3) is 0.556. The van der Waals surface area contributed by atoms with Crippen LogP contribution >= 0.6 is 0 Å². The standard InChI is InChI=1S/C9H13NO2/c1-6(11)9(7(2)12)8-4-3-5-10-8/h11H,3-5H2,1-2H3/b9-6+. The van der Waals surface area contributed by atoms with Crippen molar-refractivity contribution in [1.29, 1.82) is 0 Å². The molecule has 0 aromatic heterocycles. The summed E-state index contributed by atoms with van der Waals surface area (Å²) in [7, 11) is 0. The van der Waals surface area contributed by atoms with E-state index in [1.165, 1.54) is 13.8 Å². The van der Waals surface area contributed by atoms with Gasteiger partial charge in [-0.15, -0.1) is 0 Å². The third-order valence-corrected chi connectivity index (χ3v) is 1.88. The number of hydrogen-bond donors (Lipinski definition) is 1. The maximum atomic E-state index is 11.1. The molecular weight excluding hydrogens is 154 g/mol. The van der Waals surface area contributed by atoms with E-state index < -0.39 is 0 Å². The number of carbonyl (C=O) groups is 1. The van der Waals surface area contributed by atoms with Gasteiger partial charge in [-0.1, -0.05) is 0 Å². The van der Waals surface area contributed by atoms with Crippen molar-refractivity contribution >= 4 is 11.5 Å². The highest BCUT2D eigenvalue weighted by atomic mass is 16.3. The van der Waals surface area contributed by atoms with Crippen molar-refractivity contribution in [3.63, 3.8) is 0 Å². The number of aliphatic hydroxyl groups is 1. The first-order valence-corrected chi connectivity index (χ1v) is 4.07. The lowest BCUT2D eigenvalue weighted by Gasteiger charge is -2.03. The van der Waals surface area contributed by atoms with Crippen molar-refractivity contribution in [3.05, 3.63) is 11.3 Å². The quantitative estimate of drug-likeness (QED) is 0.502. The SMILES string of the molecule is CC(=O)/C(C1=NCCC1)=C(/C)O. The molecule has 0 fully saturated rings. The molecule has 1 heterocycles. The Morgan fingerprint density at radius 2 is 2.17 bits per heavy atom. The predicted octanol–water partition coefficient (Wildman–Crippen LogP) is 1.64. The Hall–Kier alpha value is -1.12. The van der Waals surface area contributed by atoms with Gasteiger partial charge in [0, 0.05) is 12.3 Å². The van der Waals surface area contributed by atoms with Crippen LogP contribution in [0.15, 0.2) is 16.3 Å². The average molecular weight is 167 g/mol. The van der Waals surface area contributed by atoms with Crippen LogP contribution in [0.3, 0.4) is 0 Å². The van der Waals surface area contributed by atoms with E-state index in [1.54, 1.807) is 0 Å². The molecule has 12 heavy (non-hydrogen) atoms. The van der Waals surface area contributed by atoms with Gasteiger partial charge in [-0.2, -0.15) is 0 Å². The average Bonchev–Trinajstić information content (AvgIpc) is 2.37. The fourth-order valence-electron chi connectivity index (χ4n) is 1.41. The molecule has 0 atom stereocenters. The number of rotatable bonds is 2. The molecule has 0 aromatic rings. The second-order valence-electron chi connectivity index (χ2n) is 2.95. The maximum absolute atomic E-state index is 11.1. The van der Waals surface area contributed by atoms with E-state index in [1.807, 2.05) is 0 Å². The summed E-state index contributed by atoms with van der Waals surface area (Å²) in [6.45, 7) is 3.76. The van der Waals surface area contributed by atoms with Gasteiger partial charge in [-0.25, -0.2) is 0 Å². The van der Waals surface area contributed by atoms with Crippen LogP contribution in [0.5, 0.6) is 0 Å². The van der Waals surface area contributed by atoms with Gasteiger partial charge < -0.3 is 5.11 Å². The number of aliphatic imine (C=N–C) groups is 1. The number of nitrogens with zero attached hydrogens (tertiary/aromatic N) is 1. The normalized spacial score (nSPS) is 18.7. The second-order valence-corrected chi connectivity index (χ2v) is 2.95. The molecule has 0 aromatic carbocycles. The maximum Gasteiger partial charge on any atom is 0.164 e. The molecule has 1 aliphatic heterocycles. The van der Waals surface area contributed by atoms with Crippen LogP contribution in [0.25, 0.3) is 0 Å². The monoisotopic (exact) mass is 167 g/mol. The van der Waals surface area contributed by atoms with E-state index in [0.717, 1.165) is 25.1 Å². The second kappa shape index (κ2) is 3.52. The number of carbonyl (C=O) groups excluding carboxylic acids is 1. The Kier molecular flexibility index (Phi) is 2.63. The zero-order chi connectivity index (χ0) is 9.14. The van der Waals surface area contributed by atoms with Gasteiger partial charge in [-0.3, -0.25) is 9.79 Å². The summed E-state index contributed by atoms with van der Waals surface area (Å²) in [5.74, 6) is -0.0150. The van der Waals surface area contributed by atoms with Crippen LogP contribution in [-0.2, 0) is 4.79 Å². The summed E-state index contributed by atoms with van der Waals surface area (Å²) in [5, 5.41) is 9.22. The zero-order valence-corrected chi connectivity index (χ0v) is 7.42. The van der Waals surface area contributed by atoms with E-state index >= 15 is 0 Å². The number of hydrogen-bond acceptors (Lipinski definition) is 3. The van der Waals surface area contributed by atoms with Gasteiger partial charge in [0.25, 0.3) is 0 Å². The molecule has 3 nitrogen and oxygen atoms in total. The first-order chi connectivity index (χ1) is 5.63. The van der Waals surface area contributed by atoms with Crippen LogP contribution in [0, 0.1) is 0 Å². The first-order valence-electron chi connectivity index (χ1n) is 4.07. The highest BCUT2D eigenvalue weighted by Crippen LogP contribution is 2.15. The van der Waals surface area contributed by atoms with Gasteiger partial charge in [0.05, 0.1) is 5.57 Å². The van der Waals surface area contributed by atoms with Crippen molar-refractivity contribution < 1.29 is 9.90 Å². The topological polar surface area (TPSA) is 49.7 Å². The van der Waals surface area contributed by atoms with E-state index in [9.17, 15) is 9.90 Å². The lowest BCUT2D eigenvalue weighted by Crippen LogP contribution is -2.10. The van der Waals surface area contributed by atoms with Crippen LogP contribution in [0.2, 0.25) is 0 Å². The molecule has 0 spiro atoms. The molecule has 66 valence electrons. The van der Waals surface area contributed by atoms with E-state index in [-0.39, 0.29) is 11.5 Å². The molecular formula is C9H13NO2. The summed E-state index contributed by atoms with van der Waals surface area (Å²) in [6, 6.07) is 0. The lowest BCUT2D eigenvalue weighted by molar-refractivity contribution is -0.113. The Bertz CT molecular complexity index is 260. The first kappa shape index (κ1) is 8.97. The molecule has 0 aliphatic carbocycles. The Labute approximate surface area is 71.8 Å². The third kappa shape index (κ3) is 1.72. The summed E-state index contributed by atoms with van der Waals surface area (Å²) >= 11 is 0. The van der Waals surface area contributed by atoms with Crippen LogP contribution in [0.1, 0.15) is 26.7 Å². The van der Waals surface area contributed by atoms with Gasteiger partial charge >= 0.3 is 0 Å². The smallest absolute Gasteiger partial charge is 0.164 e. The molecule has 0 unspecified atom stereocenters. The molecule has 0 saturated carbocycles. The lowest BCUT2D eigenvalue weighted by atomic mass is 10.0. The summed E-state index contributed by atoms with van der Waals surface area (Å²) in [6.07, 6.45) is 1.80. The predicted molar refractivity (Wildman–Crippen MR) is 47.5 cm³/mol. The largest absolute Gasteiger partial charge is 0.512 e. The number of allylic oxidation sites excluding steroid dienone is 2. The van der Waals surface area contributed by atoms with Gasteiger partial charge in [0.1, 0.15) is 5.76 Å². The molecule has 0 bridgehead atoms.